The molecule has 0 unspecified atom stereocenters. The summed E-state index contributed by atoms with van der Waals surface area (Å²) in [5.41, 5.74) is 11.9. The third kappa shape index (κ3) is 40.3. The molecule has 146 heavy (non-hydrogen) atoms. The van der Waals surface area contributed by atoms with Crippen LogP contribution in [0.15, 0.2) is 146 Å². The fourth-order valence-corrected chi connectivity index (χ4v) is 16.8. The molecule has 0 aliphatic carbocycles. The Hall–Kier alpha value is -11.5. The number of esters is 1. The number of piperazine rings is 1. The summed E-state index contributed by atoms with van der Waals surface area (Å²) >= 11 is 8.81. The highest BCUT2D eigenvalue weighted by atomic mass is 35.5. The molecule has 0 bridgehead atoms. The normalized spacial score (nSPS) is 13.2. The number of amides is 6. The second-order valence-corrected chi connectivity index (χ2v) is 37.3. The summed E-state index contributed by atoms with van der Waals surface area (Å²) in [6, 6.07) is 36.3. The topological polar surface area (TPSA) is 410 Å². The number of hydrogen-bond acceptors (Lipinski definition) is 31. The Balaban J connectivity index is 0.736. The summed E-state index contributed by atoms with van der Waals surface area (Å²) in [6.07, 6.45) is 1.29. The Bertz CT molecular complexity index is 5470. The van der Waals surface area contributed by atoms with Crippen LogP contribution in [0.25, 0.3) is 43.2 Å². The first-order chi connectivity index (χ1) is 70.7. The minimum atomic E-state index is -1.32. The fraction of sp³-hybridized carbons (Fsp3) is 0.509. The van der Waals surface area contributed by atoms with Crippen molar-refractivity contribution in [2.24, 2.45) is 11.7 Å². The van der Waals surface area contributed by atoms with Crippen LogP contribution in [0, 0.1) is 18.7 Å². The Morgan fingerprint density at radius 3 is 1.78 bits per heavy atom. The lowest BCUT2D eigenvalue weighted by Gasteiger charge is -2.42. The van der Waals surface area contributed by atoms with E-state index in [9.17, 15) is 33.2 Å². The molecule has 0 radical (unpaired) electrons. The van der Waals surface area contributed by atoms with Crippen molar-refractivity contribution in [3.8, 4) is 61.8 Å². The largest absolute Gasteiger partial charge is 0.497 e. The van der Waals surface area contributed by atoms with Crippen LogP contribution >= 0.6 is 22.9 Å². The maximum atomic E-state index is 14.9. The number of thiophene rings is 1. The van der Waals surface area contributed by atoms with E-state index in [1.165, 1.54) is 29.8 Å². The molecule has 3 atom stereocenters. The number of para-hydroxylation sites is 2. The van der Waals surface area contributed by atoms with Gasteiger partial charge in [-0.3, -0.25) is 19.3 Å². The van der Waals surface area contributed by atoms with Gasteiger partial charge in [-0.05, 0) is 147 Å². The van der Waals surface area contributed by atoms with Gasteiger partial charge in [-0.2, -0.15) is 0 Å². The number of carbonyl (C=O) groups excluding carboxylic acids is 6. The summed E-state index contributed by atoms with van der Waals surface area (Å²) in [6.45, 7) is 24.7. The van der Waals surface area contributed by atoms with Crippen molar-refractivity contribution in [2.45, 2.75) is 117 Å². The number of ether oxygens (including phenoxy) is 19. The molecular formula is C106H143ClFN12O25S+. The van der Waals surface area contributed by atoms with Gasteiger partial charge in [0.25, 0.3) is 0 Å². The van der Waals surface area contributed by atoms with E-state index in [0.29, 0.717) is 262 Å². The van der Waals surface area contributed by atoms with Crippen LogP contribution < -0.4 is 50.7 Å². The van der Waals surface area contributed by atoms with Gasteiger partial charge in [0.15, 0.2) is 5.82 Å². The standard InChI is InChI=1S/C106H142ClFN12O25S/c1-74(2)96(117-105(126)145-106(4,5)6)100(123)116-87(19-16-36-111-104(109)125)99(122)115-82-29-26-79(80(67-82)69-118(7)92(121)35-43-130-47-48-132-51-52-134-55-56-136-59-60-138-63-64-140-66-65-139-62-61-137-58-57-135-54-53-133-50-49-131-46-45-127-9)70-120(8)41-38-119(39-42-120)40-44-141-90-33-32-85(75(3)95(90)107)93-94-101(112-73-113-102(94)146-97(93)77-24-27-81(108)28-25-77)144-91(103(124)143-71-76-22-30-84(128-10)31-23-76)68-78-17-12-14-20-88(78)142-72-83-34-37-110-98(114-83)86-18-13-15-21-89(86)129-11/h12-15,17-18,20-34,37,67,73-74,87,91,96H,16,19,35-36,38-66,68-72H2,1-11H3,(H5-,109,111,115,116,117,122,123,125,126)/p+1/t87-,91+,96-/m0/s1. The summed E-state index contributed by atoms with van der Waals surface area (Å²) in [5, 5.41) is 11.9. The van der Waals surface area contributed by atoms with Gasteiger partial charge in [-0.1, -0.05) is 92.2 Å². The summed E-state index contributed by atoms with van der Waals surface area (Å²) in [4.78, 5) is 106. The van der Waals surface area contributed by atoms with Gasteiger partial charge in [-0.15, -0.1) is 11.3 Å². The number of nitrogens with zero attached hydrogens (tertiary/aromatic N) is 7. The second kappa shape index (κ2) is 63.3. The summed E-state index contributed by atoms with van der Waals surface area (Å²) in [7, 11) is 8.71. The fourth-order valence-electron chi connectivity index (χ4n) is 15.4. The summed E-state index contributed by atoms with van der Waals surface area (Å²) < 4.78 is 124. The molecular weight excluding hydrogens is 1930 g/mol. The third-order valence-corrected chi connectivity index (χ3v) is 24.9. The Kier molecular flexibility index (Phi) is 50.4. The molecule has 6 N–H and O–H groups in total. The molecule has 4 heterocycles. The minimum Gasteiger partial charge on any atom is -0.497 e. The van der Waals surface area contributed by atoms with E-state index in [4.69, 9.17) is 122 Å². The highest BCUT2D eigenvalue weighted by molar-refractivity contribution is 7.22. The van der Waals surface area contributed by atoms with Crippen LogP contribution in [0.2, 0.25) is 5.02 Å². The number of likely N-dealkylation sites (N-methyl/N-ethyl adjacent to an activating group) is 1. The first-order valence-electron chi connectivity index (χ1n) is 49.2. The lowest BCUT2D eigenvalue weighted by molar-refractivity contribution is -0.926. The molecule has 3 aromatic heterocycles. The number of halogens is 2. The maximum Gasteiger partial charge on any atom is 0.408 e. The van der Waals surface area contributed by atoms with Crippen LogP contribution in [0.4, 0.5) is 19.7 Å². The molecule has 6 aromatic carbocycles. The van der Waals surface area contributed by atoms with Crippen molar-refractivity contribution >= 4 is 74.7 Å². The van der Waals surface area contributed by atoms with Gasteiger partial charge in [0, 0.05) is 81.2 Å². The number of rotatable bonds is 69. The minimum absolute atomic E-state index is 0.0349. The number of methoxy groups -OCH3 is 3. The third-order valence-electron chi connectivity index (χ3n) is 23.3. The van der Waals surface area contributed by atoms with Crippen LogP contribution in [-0.4, -0.2) is 327 Å². The first kappa shape index (κ1) is 116. The van der Waals surface area contributed by atoms with Crippen LogP contribution in [-0.2, 0) is 118 Å². The number of aromatic nitrogens is 4. The number of alkyl carbamates (subject to hydrolysis) is 1. The van der Waals surface area contributed by atoms with Crippen molar-refractivity contribution in [1.82, 2.24) is 45.7 Å². The van der Waals surface area contributed by atoms with E-state index < -0.39 is 65.4 Å². The molecule has 6 amide bonds. The van der Waals surface area contributed by atoms with Gasteiger partial charge in [0.2, 0.25) is 29.7 Å². The number of nitrogens with two attached hydrogens (primary N) is 1. The van der Waals surface area contributed by atoms with E-state index >= 15 is 0 Å². The van der Waals surface area contributed by atoms with Crippen LogP contribution in [0.3, 0.4) is 0 Å². The average Bonchev–Trinajstić information content (AvgIpc) is 1.59. The molecule has 1 aliphatic rings. The molecule has 796 valence electrons. The number of fused-ring (bicyclic) bond motifs is 1. The zero-order chi connectivity index (χ0) is 104. The molecule has 37 nitrogen and oxygen atoms in total. The van der Waals surface area contributed by atoms with Crippen molar-refractivity contribution in [3.63, 3.8) is 0 Å². The SMILES string of the molecule is COCCOCCOCCOCCOCCOCCOCCOCCOCCOCCOCCOCCC(=O)N(C)Cc1cc(NC(=O)[C@H](CCCNC(N)=O)NC(=O)[C@@H](NC(=O)OC(C)(C)C)C(C)C)ccc1C[N+]1(C)CCN(CCOc2ccc(-c3c(-c4ccc(F)cc4)sc4ncnc(O[C@H](Cc5ccccc5OCc5ccnc(-c6ccccc6OC)n5)C(=O)OCc5ccc(OC)cc5)c34)c(C)c2Cl)CC1. The number of anilines is 1. The molecule has 9 aromatic rings. The zero-order valence-electron chi connectivity index (χ0n) is 85.6. The van der Waals surface area contributed by atoms with Gasteiger partial charge >= 0.3 is 18.1 Å². The predicted molar refractivity (Wildman–Crippen MR) is 549 cm³/mol. The van der Waals surface area contributed by atoms with Crippen LogP contribution in [0.1, 0.15) is 87.4 Å². The highest BCUT2D eigenvalue weighted by Crippen LogP contribution is 2.50. The van der Waals surface area contributed by atoms with E-state index in [2.05, 4.69) is 38.2 Å². The molecule has 1 fully saturated rings. The summed E-state index contributed by atoms with van der Waals surface area (Å²) in [5.74, 6) is -0.200. The van der Waals surface area contributed by atoms with Crippen LogP contribution in [0.5, 0.6) is 28.9 Å². The quantitative estimate of drug-likeness (QED) is 0.0134. The van der Waals surface area contributed by atoms with E-state index in [1.54, 1.807) is 110 Å². The first-order valence-corrected chi connectivity index (χ1v) is 50.4. The highest BCUT2D eigenvalue weighted by Gasteiger charge is 2.35. The molecule has 10 rings (SSSR count). The number of urea groups is 1. The lowest BCUT2D eigenvalue weighted by atomic mass is 9.96. The smallest absolute Gasteiger partial charge is 0.408 e. The second-order valence-electron chi connectivity index (χ2n) is 35.9. The monoisotopic (exact) mass is 2070 g/mol. The number of benzene rings is 6. The molecule has 0 saturated carbocycles. The molecule has 0 spiro atoms. The number of primary amides is 1. The van der Waals surface area contributed by atoms with Crippen molar-refractivity contribution in [1.29, 1.82) is 0 Å². The maximum absolute atomic E-state index is 14.9. The number of quaternary nitrogens is 1. The Morgan fingerprint density at radius 1 is 0.610 bits per heavy atom. The molecule has 1 saturated heterocycles. The van der Waals surface area contributed by atoms with Gasteiger partial charge in [-0.25, -0.2) is 38.7 Å². The van der Waals surface area contributed by atoms with Crippen molar-refractivity contribution in [2.75, 3.05) is 239 Å². The number of nitrogens with one attached hydrogen (secondary N) is 4. The number of carbonyl (C=O) groups is 6. The van der Waals surface area contributed by atoms with Crippen molar-refractivity contribution < 1.29 is 128 Å². The van der Waals surface area contributed by atoms with E-state index in [-0.39, 0.29) is 90.2 Å². The van der Waals surface area contributed by atoms with E-state index in [1.807, 2.05) is 91.9 Å². The van der Waals surface area contributed by atoms with Gasteiger partial charge < -0.3 is 126 Å². The Morgan fingerprint density at radius 2 is 1.20 bits per heavy atom. The number of hydrogen-bond donors (Lipinski definition) is 5. The molecule has 1 aliphatic heterocycles. The predicted octanol–water partition coefficient (Wildman–Crippen LogP) is 12.9. The van der Waals surface area contributed by atoms with Gasteiger partial charge in [0.05, 0.1) is 214 Å². The average molecular weight is 2070 g/mol. The Labute approximate surface area is 863 Å². The lowest BCUT2D eigenvalue weighted by Crippen LogP contribution is -2.57. The molecule has 40 heteroatoms. The van der Waals surface area contributed by atoms with Gasteiger partial charge in [0.1, 0.15) is 84.0 Å². The van der Waals surface area contributed by atoms with Crippen molar-refractivity contribution in [3.05, 3.63) is 190 Å². The zero-order valence-corrected chi connectivity index (χ0v) is 87.2. The van der Waals surface area contributed by atoms with E-state index in [0.717, 1.165) is 24.2 Å².